The Morgan fingerprint density at radius 3 is 2.60 bits per heavy atom. The number of thiophene rings is 1. The third-order valence-corrected chi connectivity index (χ3v) is 2.49. The average Bonchev–Trinajstić information content (AvgIpc) is 2.64. The van der Waals surface area contributed by atoms with E-state index in [4.69, 9.17) is 5.21 Å². The van der Waals surface area contributed by atoms with Crippen molar-refractivity contribution >= 4 is 22.8 Å². The summed E-state index contributed by atoms with van der Waals surface area (Å²) in [5.74, 6) is -1.93. The van der Waals surface area contributed by atoms with Gasteiger partial charge in [0.25, 0.3) is 0 Å². The van der Waals surface area contributed by atoms with Crippen LogP contribution in [0.15, 0.2) is 22.7 Å². The summed E-state index contributed by atoms with van der Waals surface area (Å²) < 4.78 is 35.7. The lowest BCUT2D eigenvalue weighted by Gasteiger charge is -2.04. The van der Waals surface area contributed by atoms with Gasteiger partial charge in [0.2, 0.25) is 5.78 Å². The average molecular weight is 237 g/mol. The van der Waals surface area contributed by atoms with Crippen LogP contribution in [0.1, 0.15) is 11.3 Å². The number of ketones is 1. The van der Waals surface area contributed by atoms with E-state index >= 15 is 0 Å². The number of alkyl halides is 3. The zero-order valence-electron chi connectivity index (χ0n) is 7.28. The first-order chi connectivity index (χ1) is 6.95. The summed E-state index contributed by atoms with van der Waals surface area (Å²) in [5, 5.41) is 12.8. The topological polar surface area (TPSA) is 49.7 Å². The standard InChI is InChI=1S/C8H6F3NO2S/c9-8(10,11)7(13)4-5(12-14)6-2-1-3-15-6/h1-3,14H,4H2/b12-5+. The number of halogens is 3. The van der Waals surface area contributed by atoms with E-state index in [1.807, 2.05) is 0 Å². The van der Waals surface area contributed by atoms with Crippen molar-refractivity contribution in [3.8, 4) is 0 Å². The van der Waals surface area contributed by atoms with Crippen molar-refractivity contribution in [2.75, 3.05) is 0 Å². The number of rotatable bonds is 3. The molecule has 7 heteroatoms. The predicted molar refractivity (Wildman–Crippen MR) is 48.3 cm³/mol. The summed E-state index contributed by atoms with van der Waals surface area (Å²) in [6.07, 6.45) is -5.84. The Morgan fingerprint density at radius 1 is 1.53 bits per heavy atom. The Balaban J connectivity index is 2.77. The lowest BCUT2D eigenvalue weighted by Crippen LogP contribution is -2.25. The first-order valence-electron chi connectivity index (χ1n) is 3.80. The molecule has 0 aliphatic heterocycles. The first kappa shape index (κ1) is 11.7. The molecule has 1 rings (SSSR count). The van der Waals surface area contributed by atoms with Crippen LogP contribution in [0, 0.1) is 0 Å². The Kier molecular flexibility index (Phi) is 3.46. The Labute approximate surface area is 86.8 Å². The lowest BCUT2D eigenvalue weighted by molar-refractivity contribution is -0.169. The molecule has 0 bridgehead atoms. The number of hydrogen-bond acceptors (Lipinski definition) is 4. The van der Waals surface area contributed by atoms with Gasteiger partial charge in [-0.05, 0) is 11.4 Å². The quantitative estimate of drug-likeness (QED) is 0.498. The highest BCUT2D eigenvalue weighted by atomic mass is 32.1. The van der Waals surface area contributed by atoms with Crippen molar-refractivity contribution in [2.45, 2.75) is 12.6 Å². The van der Waals surface area contributed by atoms with E-state index in [1.54, 1.807) is 11.4 Å². The molecule has 15 heavy (non-hydrogen) atoms. The van der Waals surface area contributed by atoms with Gasteiger partial charge < -0.3 is 5.21 Å². The van der Waals surface area contributed by atoms with E-state index in [0.29, 0.717) is 4.88 Å². The Hall–Kier alpha value is -1.37. The smallest absolute Gasteiger partial charge is 0.411 e. The van der Waals surface area contributed by atoms with E-state index in [-0.39, 0.29) is 5.71 Å². The van der Waals surface area contributed by atoms with E-state index in [1.165, 1.54) is 6.07 Å². The molecule has 3 nitrogen and oxygen atoms in total. The minimum absolute atomic E-state index is 0.271. The molecule has 0 amide bonds. The van der Waals surface area contributed by atoms with Gasteiger partial charge in [0.05, 0.1) is 11.3 Å². The van der Waals surface area contributed by atoms with Gasteiger partial charge in [-0.15, -0.1) is 11.3 Å². The minimum Gasteiger partial charge on any atom is -0.411 e. The summed E-state index contributed by atoms with van der Waals surface area (Å²) in [5.41, 5.74) is -0.271. The summed E-state index contributed by atoms with van der Waals surface area (Å²) >= 11 is 1.10. The van der Waals surface area contributed by atoms with Crippen molar-refractivity contribution in [3.05, 3.63) is 22.4 Å². The first-order valence-corrected chi connectivity index (χ1v) is 4.68. The monoisotopic (exact) mass is 237 g/mol. The fraction of sp³-hybridized carbons (Fsp3) is 0.250. The van der Waals surface area contributed by atoms with Crippen LogP contribution in [0.5, 0.6) is 0 Å². The van der Waals surface area contributed by atoms with Gasteiger partial charge in [-0.25, -0.2) is 0 Å². The van der Waals surface area contributed by atoms with Gasteiger partial charge >= 0.3 is 6.18 Å². The zero-order chi connectivity index (χ0) is 11.5. The molecule has 1 N–H and O–H groups in total. The summed E-state index contributed by atoms with van der Waals surface area (Å²) in [7, 11) is 0. The van der Waals surface area contributed by atoms with Gasteiger partial charge in [-0.3, -0.25) is 4.79 Å². The molecule has 1 heterocycles. The van der Waals surface area contributed by atoms with Crippen molar-refractivity contribution in [1.29, 1.82) is 0 Å². The van der Waals surface area contributed by atoms with E-state index in [2.05, 4.69) is 5.16 Å². The molecular formula is C8H6F3NO2S. The van der Waals surface area contributed by atoms with Crippen LogP contribution in [-0.4, -0.2) is 22.9 Å². The van der Waals surface area contributed by atoms with E-state index < -0.39 is 18.4 Å². The summed E-state index contributed by atoms with van der Waals surface area (Å²) in [6.45, 7) is 0. The van der Waals surface area contributed by atoms with Crippen LogP contribution in [0.3, 0.4) is 0 Å². The third kappa shape index (κ3) is 3.05. The van der Waals surface area contributed by atoms with Gasteiger partial charge in [0, 0.05) is 0 Å². The molecule has 82 valence electrons. The second-order valence-electron chi connectivity index (χ2n) is 2.62. The molecule has 0 aliphatic carbocycles. The molecule has 1 aromatic rings. The van der Waals surface area contributed by atoms with Crippen LogP contribution in [0.4, 0.5) is 13.2 Å². The number of carbonyl (C=O) groups is 1. The van der Waals surface area contributed by atoms with Gasteiger partial charge in [0.1, 0.15) is 5.71 Å². The minimum atomic E-state index is -4.90. The number of carbonyl (C=O) groups excluding carboxylic acids is 1. The normalized spacial score (nSPS) is 12.9. The Morgan fingerprint density at radius 2 is 2.20 bits per heavy atom. The maximum atomic E-state index is 11.9. The maximum absolute atomic E-state index is 11.9. The molecule has 0 saturated heterocycles. The highest BCUT2D eigenvalue weighted by molar-refractivity contribution is 7.12. The van der Waals surface area contributed by atoms with Crippen molar-refractivity contribution in [3.63, 3.8) is 0 Å². The van der Waals surface area contributed by atoms with Crippen molar-refractivity contribution < 1.29 is 23.2 Å². The second-order valence-corrected chi connectivity index (χ2v) is 3.57. The van der Waals surface area contributed by atoms with Crippen molar-refractivity contribution in [1.82, 2.24) is 0 Å². The molecule has 0 spiro atoms. The number of nitrogens with zero attached hydrogens (tertiary/aromatic N) is 1. The number of Topliss-reactive ketones (excluding diaryl/α,β-unsaturated/α-hetero) is 1. The second kappa shape index (κ2) is 4.43. The molecule has 0 aromatic carbocycles. The summed E-state index contributed by atoms with van der Waals surface area (Å²) in [6, 6.07) is 3.06. The molecule has 1 aromatic heterocycles. The maximum Gasteiger partial charge on any atom is 0.450 e. The van der Waals surface area contributed by atoms with E-state index in [0.717, 1.165) is 11.3 Å². The molecule has 0 saturated carbocycles. The molecule has 0 atom stereocenters. The molecule has 0 aliphatic rings. The van der Waals surface area contributed by atoms with Gasteiger partial charge in [0.15, 0.2) is 0 Å². The van der Waals surface area contributed by atoms with Crippen LogP contribution >= 0.6 is 11.3 Å². The fourth-order valence-electron chi connectivity index (χ4n) is 0.867. The van der Waals surface area contributed by atoms with Crippen LogP contribution in [0.25, 0.3) is 0 Å². The SMILES string of the molecule is O=C(C/C(=N\O)c1cccs1)C(F)(F)F. The van der Waals surface area contributed by atoms with Crippen molar-refractivity contribution in [2.24, 2.45) is 5.16 Å². The largest absolute Gasteiger partial charge is 0.450 e. The third-order valence-electron chi connectivity index (χ3n) is 1.57. The van der Waals surface area contributed by atoms with Crippen LogP contribution in [0.2, 0.25) is 0 Å². The molecule has 0 fully saturated rings. The highest BCUT2D eigenvalue weighted by Crippen LogP contribution is 2.20. The fourth-order valence-corrected chi connectivity index (χ4v) is 1.58. The number of oxime groups is 1. The van der Waals surface area contributed by atoms with Crippen LogP contribution in [-0.2, 0) is 4.79 Å². The number of hydrogen-bond donors (Lipinski definition) is 1. The predicted octanol–water partition coefficient (Wildman–Crippen LogP) is 2.45. The zero-order valence-corrected chi connectivity index (χ0v) is 8.10. The van der Waals surface area contributed by atoms with Crippen LogP contribution < -0.4 is 0 Å². The lowest BCUT2D eigenvalue weighted by atomic mass is 10.1. The highest BCUT2D eigenvalue weighted by Gasteiger charge is 2.38. The molecule has 0 radical (unpaired) electrons. The summed E-state index contributed by atoms with van der Waals surface area (Å²) in [4.78, 5) is 11.0. The van der Waals surface area contributed by atoms with E-state index in [9.17, 15) is 18.0 Å². The molecular weight excluding hydrogens is 231 g/mol. The Bertz CT molecular complexity index is 370. The van der Waals surface area contributed by atoms with Gasteiger partial charge in [-0.2, -0.15) is 13.2 Å². The molecule has 0 unspecified atom stereocenters. The van der Waals surface area contributed by atoms with Gasteiger partial charge in [-0.1, -0.05) is 11.2 Å².